The van der Waals surface area contributed by atoms with Crippen molar-refractivity contribution >= 4 is 29.3 Å². The summed E-state index contributed by atoms with van der Waals surface area (Å²) < 4.78 is 15.0. The Balaban J connectivity index is 1.47. The smallest absolute Gasteiger partial charge is 0.270 e. The summed E-state index contributed by atoms with van der Waals surface area (Å²) in [5, 5.41) is 3.55. The zero-order valence-corrected chi connectivity index (χ0v) is 17.3. The number of nitrogens with zero attached hydrogens (tertiary/aromatic N) is 3. The highest BCUT2D eigenvalue weighted by Gasteiger charge is 2.21. The van der Waals surface area contributed by atoms with Gasteiger partial charge in [0.15, 0.2) is 5.16 Å². The summed E-state index contributed by atoms with van der Waals surface area (Å²) in [6.45, 7) is 1.09. The highest BCUT2D eigenvalue weighted by molar-refractivity contribution is 7.98. The summed E-state index contributed by atoms with van der Waals surface area (Å²) in [4.78, 5) is 30.8. The summed E-state index contributed by atoms with van der Waals surface area (Å²) in [6, 6.07) is 13.6. The molecule has 154 valence electrons. The zero-order valence-electron chi connectivity index (χ0n) is 16.5. The molecule has 2 amide bonds. The Morgan fingerprint density at radius 2 is 1.83 bits per heavy atom. The molecule has 1 saturated heterocycles. The molecule has 4 rings (SSSR count). The molecule has 1 aromatic heterocycles. The maximum atomic E-state index is 13.3. The Labute approximate surface area is 178 Å². The van der Waals surface area contributed by atoms with Crippen LogP contribution in [0.3, 0.4) is 0 Å². The molecule has 1 aliphatic heterocycles. The van der Waals surface area contributed by atoms with E-state index in [0.717, 1.165) is 24.2 Å². The number of carbonyl (C=O) groups is 2. The normalized spacial score (nSPS) is 13.7. The minimum Gasteiger partial charge on any atom is -0.347 e. The van der Waals surface area contributed by atoms with Crippen LogP contribution in [0.25, 0.3) is 5.69 Å². The molecule has 30 heavy (non-hydrogen) atoms. The second kappa shape index (κ2) is 8.71. The fourth-order valence-electron chi connectivity index (χ4n) is 3.47. The summed E-state index contributed by atoms with van der Waals surface area (Å²) in [6.07, 6.45) is 4.87. The van der Waals surface area contributed by atoms with Gasteiger partial charge in [0.2, 0.25) is 5.91 Å². The van der Waals surface area contributed by atoms with Crippen LogP contribution in [-0.2, 0) is 11.3 Å². The standard InChI is InChI=1S/C22H21FN4O2S/c1-30-22-25-14-19(27(22)18-10-6-16(23)7-11-18)21(29)24-13-15-4-8-17(9-5-15)26-12-2-3-20(26)28/h4-11,14H,2-3,12-13H2,1H3,(H,24,29). The van der Waals surface area contributed by atoms with Crippen molar-refractivity contribution in [2.75, 3.05) is 17.7 Å². The summed E-state index contributed by atoms with van der Waals surface area (Å²) >= 11 is 1.41. The predicted octanol–water partition coefficient (Wildman–Crippen LogP) is 3.79. The maximum absolute atomic E-state index is 13.3. The number of amides is 2. The van der Waals surface area contributed by atoms with E-state index in [1.54, 1.807) is 21.6 Å². The van der Waals surface area contributed by atoms with Crippen LogP contribution in [0.1, 0.15) is 28.9 Å². The van der Waals surface area contributed by atoms with Crippen molar-refractivity contribution < 1.29 is 14.0 Å². The minimum absolute atomic E-state index is 0.148. The molecule has 0 unspecified atom stereocenters. The molecule has 2 aromatic carbocycles. The third-order valence-corrected chi connectivity index (χ3v) is 5.66. The lowest BCUT2D eigenvalue weighted by Crippen LogP contribution is -2.25. The molecule has 0 atom stereocenters. The molecule has 0 aliphatic carbocycles. The van der Waals surface area contributed by atoms with Crippen LogP contribution in [0.2, 0.25) is 0 Å². The van der Waals surface area contributed by atoms with Gasteiger partial charge in [-0.3, -0.25) is 14.2 Å². The van der Waals surface area contributed by atoms with Gasteiger partial charge in [0.05, 0.1) is 6.20 Å². The van der Waals surface area contributed by atoms with Gasteiger partial charge >= 0.3 is 0 Å². The van der Waals surface area contributed by atoms with E-state index in [-0.39, 0.29) is 17.6 Å². The second-order valence-corrected chi connectivity index (χ2v) is 7.71. The fraction of sp³-hybridized carbons (Fsp3) is 0.227. The largest absolute Gasteiger partial charge is 0.347 e. The van der Waals surface area contributed by atoms with Crippen LogP contribution in [0, 0.1) is 5.82 Å². The molecular weight excluding hydrogens is 403 g/mol. The van der Waals surface area contributed by atoms with Gasteiger partial charge in [0, 0.05) is 30.9 Å². The molecule has 2 heterocycles. The van der Waals surface area contributed by atoms with Crippen molar-refractivity contribution in [2.45, 2.75) is 24.5 Å². The minimum atomic E-state index is -0.338. The summed E-state index contributed by atoms with van der Waals surface area (Å²) in [7, 11) is 0. The SMILES string of the molecule is CSc1ncc(C(=O)NCc2ccc(N3CCCC3=O)cc2)n1-c1ccc(F)cc1. The average molecular weight is 425 g/mol. The van der Waals surface area contributed by atoms with E-state index in [9.17, 15) is 14.0 Å². The number of thioether (sulfide) groups is 1. The molecule has 0 spiro atoms. The van der Waals surface area contributed by atoms with Crippen molar-refractivity contribution in [3.8, 4) is 5.69 Å². The molecule has 1 fully saturated rings. The molecule has 0 bridgehead atoms. The Kier molecular flexibility index (Phi) is 5.85. The number of nitrogens with one attached hydrogen (secondary N) is 1. The number of rotatable bonds is 6. The van der Waals surface area contributed by atoms with Gasteiger partial charge in [-0.1, -0.05) is 23.9 Å². The Morgan fingerprint density at radius 3 is 2.47 bits per heavy atom. The molecular formula is C22H21FN4O2S. The summed E-state index contributed by atoms with van der Waals surface area (Å²) in [5.41, 5.74) is 2.86. The summed E-state index contributed by atoms with van der Waals surface area (Å²) in [5.74, 6) is -0.463. The van der Waals surface area contributed by atoms with Gasteiger partial charge in [0.25, 0.3) is 5.91 Å². The van der Waals surface area contributed by atoms with Crippen molar-refractivity contribution in [1.82, 2.24) is 14.9 Å². The molecule has 1 aliphatic rings. The molecule has 6 nitrogen and oxygen atoms in total. The van der Waals surface area contributed by atoms with Crippen LogP contribution in [0.5, 0.6) is 0 Å². The van der Waals surface area contributed by atoms with Crippen molar-refractivity contribution in [3.05, 3.63) is 71.8 Å². The van der Waals surface area contributed by atoms with E-state index in [1.807, 2.05) is 30.5 Å². The number of carbonyl (C=O) groups excluding carboxylic acids is 2. The number of hydrogen-bond donors (Lipinski definition) is 1. The molecule has 0 radical (unpaired) electrons. The number of anilines is 1. The molecule has 3 aromatic rings. The monoisotopic (exact) mass is 424 g/mol. The number of halogens is 1. The van der Waals surface area contributed by atoms with Crippen LogP contribution < -0.4 is 10.2 Å². The van der Waals surface area contributed by atoms with E-state index in [4.69, 9.17) is 0 Å². The predicted molar refractivity (Wildman–Crippen MR) is 115 cm³/mol. The lowest BCUT2D eigenvalue weighted by atomic mass is 10.2. The van der Waals surface area contributed by atoms with Crippen LogP contribution in [0.15, 0.2) is 59.9 Å². The van der Waals surface area contributed by atoms with Gasteiger partial charge in [-0.25, -0.2) is 9.37 Å². The first kappa shape index (κ1) is 20.2. The van der Waals surface area contributed by atoms with E-state index >= 15 is 0 Å². The first-order valence-corrected chi connectivity index (χ1v) is 10.8. The second-order valence-electron chi connectivity index (χ2n) is 6.94. The van der Waals surface area contributed by atoms with Crippen LogP contribution in [0.4, 0.5) is 10.1 Å². The third-order valence-electron chi connectivity index (χ3n) is 5.00. The van der Waals surface area contributed by atoms with Crippen LogP contribution in [-0.4, -0.2) is 34.2 Å². The topological polar surface area (TPSA) is 67.2 Å². The van der Waals surface area contributed by atoms with E-state index in [2.05, 4.69) is 10.3 Å². The van der Waals surface area contributed by atoms with Gasteiger partial charge in [0.1, 0.15) is 11.5 Å². The van der Waals surface area contributed by atoms with Crippen molar-refractivity contribution in [3.63, 3.8) is 0 Å². The van der Waals surface area contributed by atoms with E-state index < -0.39 is 0 Å². The zero-order chi connectivity index (χ0) is 21.1. The highest BCUT2D eigenvalue weighted by atomic mass is 32.2. The van der Waals surface area contributed by atoms with E-state index in [0.29, 0.717) is 29.5 Å². The van der Waals surface area contributed by atoms with E-state index in [1.165, 1.54) is 30.1 Å². The number of hydrogen-bond acceptors (Lipinski definition) is 4. The molecule has 8 heteroatoms. The number of benzene rings is 2. The quantitative estimate of drug-likeness (QED) is 0.612. The maximum Gasteiger partial charge on any atom is 0.270 e. The van der Waals surface area contributed by atoms with Crippen LogP contribution >= 0.6 is 11.8 Å². The number of aromatic nitrogens is 2. The lowest BCUT2D eigenvalue weighted by molar-refractivity contribution is -0.117. The molecule has 0 saturated carbocycles. The Hall–Kier alpha value is -3.13. The first-order chi connectivity index (χ1) is 14.6. The number of imidazole rings is 1. The van der Waals surface area contributed by atoms with Gasteiger partial charge < -0.3 is 10.2 Å². The Morgan fingerprint density at radius 1 is 1.13 bits per heavy atom. The van der Waals surface area contributed by atoms with Gasteiger partial charge in [-0.2, -0.15) is 0 Å². The van der Waals surface area contributed by atoms with Gasteiger partial charge in [-0.15, -0.1) is 0 Å². The molecule has 1 N–H and O–H groups in total. The highest BCUT2D eigenvalue weighted by Crippen LogP contribution is 2.23. The van der Waals surface area contributed by atoms with Crippen molar-refractivity contribution in [1.29, 1.82) is 0 Å². The van der Waals surface area contributed by atoms with Crippen molar-refractivity contribution in [2.24, 2.45) is 0 Å². The average Bonchev–Trinajstić information content (AvgIpc) is 3.39. The first-order valence-electron chi connectivity index (χ1n) is 9.62. The fourth-order valence-corrected chi connectivity index (χ4v) is 4.01. The Bertz CT molecular complexity index is 1060. The third kappa shape index (κ3) is 4.09. The van der Waals surface area contributed by atoms with Gasteiger partial charge in [-0.05, 0) is 54.6 Å². The lowest BCUT2D eigenvalue weighted by Gasteiger charge is -2.16.